The Balaban J connectivity index is 2.03. The Labute approximate surface area is 124 Å². The number of rotatable bonds is 2. The fourth-order valence-electron chi connectivity index (χ4n) is 3.07. The molecular weight excluding hydrogens is 272 g/mol. The Morgan fingerprint density at radius 2 is 1.95 bits per heavy atom. The van der Waals surface area contributed by atoms with Gasteiger partial charge in [-0.15, -0.1) is 0 Å². The molecule has 0 radical (unpaired) electrons. The van der Waals surface area contributed by atoms with E-state index in [-0.39, 0.29) is 0 Å². The number of hydrogen-bond acceptors (Lipinski definition) is 4. The number of para-hydroxylation sites is 1. The number of fused-ring (bicyclic) bond motifs is 1. The molecular formula is C15H19ClN4. The van der Waals surface area contributed by atoms with Crippen LogP contribution in [0, 0.1) is 5.92 Å². The highest BCUT2D eigenvalue weighted by Crippen LogP contribution is 2.30. The number of benzene rings is 1. The maximum absolute atomic E-state index is 6.08. The minimum Gasteiger partial charge on any atom is -0.354 e. The van der Waals surface area contributed by atoms with Crippen LogP contribution in [-0.2, 0) is 0 Å². The van der Waals surface area contributed by atoms with Gasteiger partial charge in [0.1, 0.15) is 5.82 Å². The second-order valence-corrected chi connectivity index (χ2v) is 6.08. The van der Waals surface area contributed by atoms with Gasteiger partial charge < -0.3 is 9.80 Å². The van der Waals surface area contributed by atoms with Crippen LogP contribution >= 0.6 is 11.6 Å². The largest absolute Gasteiger partial charge is 0.354 e. The van der Waals surface area contributed by atoms with Crippen LogP contribution in [0.4, 0.5) is 5.82 Å². The van der Waals surface area contributed by atoms with E-state index in [2.05, 4.69) is 46.9 Å². The molecule has 5 heteroatoms. The number of hydrogen-bond donors (Lipinski definition) is 0. The fourth-order valence-corrected chi connectivity index (χ4v) is 3.24. The number of halogens is 1. The van der Waals surface area contributed by atoms with Crippen LogP contribution < -0.4 is 4.90 Å². The van der Waals surface area contributed by atoms with E-state index in [0.29, 0.717) is 17.2 Å². The van der Waals surface area contributed by atoms with Crippen molar-refractivity contribution < 1.29 is 0 Å². The second-order valence-electron chi connectivity index (χ2n) is 5.75. The Bertz CT molecular complexity index is 628. The van der Waals surface area contributed by atoms with Crippen molar-refractivity contribution in [3.63, 3.8) is 0 Å². The van der Waals surface area contributed by atoms with E-state index in [1.54, 1.807) is 0 Å². The van der Waals surface area contributed by atoms with Gasteiger partial charge in [0.2, 0.25) is 5.28 Å². The molecule has 0 spiro atoms. The third-order valence-electron chi connectivity index (χ3n) is 4.09. The van der Waals surface area contributed by atoms with Crippen LogP contribution in [-0.4, -0.2) is 48.1 Å². The van der Waals surface area contributed by atoms with Crippen molar-refractivity contribution in [2.45, 2.75) is 13.0 Å². The first-order valence-electron chi connectivity index (χ1n) is 6.90. The summed E-state index contributed by atoms with van der Waals surface area (Å²) in [5, 5.41) is 1.39. The maximum atomic E-state index is 6.08. The van der Waals surface area contributed by atoms with Gasteiger partial charge in [-0.2, -0.15) is 4.98 Å². The maximum Gasteiger partial charge on any atom is 0.224 e. The Hall–Kier alpha value is -1.39. The quantitative estimate of drug-likeness (QED) is 0.796. The third-order valence-corrected chi connectivity index (χ3v) is 4.26. The first-order valence-corrected chi connectivity index (χ1v) is 7.27. The molecule has 4 nitrogen and oxygen atoms in total. The first kappa shape index (κ1) is 13.6. The number of aromatic nitrogens is 2. The summed E-state index contributed by atoms with van der Waals surface area (Å²) >= 11 is 6.08. The molecule has 0 aliphatic carbocycles. The first-order chi connectivity index (χ1) is 9.56. The van der Waals surface area contributed by atoms with Crippen molar-refractivity contribution >= 4 is 28.3 Å². The summed E-state index contributed by atoms with van der Waals surface area (Å²) in [5.41, 5.74) is 0.906. The highest BCUT2D eigenvalue weighted by molar-refractivity contribution is 6.28. The van der Waals surface area contributed by atoms with Gasteiger partial charge in [-0.25, -0.2) is 4.98 Å². The molecule has 1 fully saturated rings. The zero-order chi connectivity index (χ0) is 14.3. The molecule has 2 aromatic rings. The lowest BCUT2D eigenvalue weighted by Gasteiger charge is -2.23. The molecule has 0 saturated carbocycles. The average molecular weight is 291 g/mol. The summed E-state index contributed by atoms with van der Waals surface area (Å²) in [6.07, 6.45) is 0. The Kier molecular flexibility index (Phi) is 3.52. The van der Waals surface area contributed by atoms with Crippen LogP contribution in [0.25, 0.3) is 10.9 Å². The highest BCUT2D eigenvalue weighted by Gasteiger charge is 2.32. The summed E-state index contributed by atoms with van der Waals surface area (Å²) < 4.78 is 0. The topological polar surface area (TPSA) is 32.3 Å². The predicted octanol–water partition coefficient (Wildman–Crippen LogP) is 2.67. The van der Waals surface area contributed by atoms with E-state index < -0.39 is 0 Å². The fraction of sp³-hybridized carbons (Fsp3) is 0.467. The smallest absolute Gasteiger partial charge is 0.224 e. The molecule has 1 aromatic carbocycles. The summed E-state index contributed by atoms with van der Waals surface area (Å²) in [4.78, 5) is 13.4. The van der Waals surface area contributed by atoms with Gasteiger partial charge in [-0.1, -0.05) is 19.1 Å². The number of likely N-dealkylation sites (N-methyl/N-ethyl adjacent to an activating group) is 1. The molecule has 1 saturated heterocycles. The number of anilines is 1. The van der Waals surface area contributed by atoms with E-state index in [4.69, 9.17) is 11.6 Å². The summed E-state index contributed by atoms with van der Waals surface area (Å²) in [5.74, 6) is 1.56. The normalized spacial score (nSPS) is 22.9. The molecule has 1 aliphatic heterocycles. The van der Waals surface area contributed by atoms with Gasteiger partial charge in [-0.05, 0) is 43.7 Å². The van der Waals surface area contributed by atoms with Crippen LogP contribution in [0.15, 0.2) is 24.3 Å². The van der Waals surface area contributed by atoms with Crippen LogP contribution in [0.2, 0.25) is 5.28 Å². The molecule has 1 aliphatic rings. The van der Waals surface area contributed by atoms with E-state index in [1.165, 1.54) is 0 Å². The predicted molar refractivity (Wildman–Crippen MR) is 83.4 cm³/mol. The average Bonchev–Trinajstić information content (AvgIpc) is 2.80. The lowest BCUT2D eigenvalue weighted by atomic mass is 10.1. The van der Waals surface area contributed by atoms with Crippen molar-refractivity contribution in [1.82, 2.24) is 14.9 Å². The second kappa shape index (κ2) is 5.19. The molecule has 3 rings (SSSR count). The lowest BCUT2D eigenvalue weighted by Crippen LogP contribution is -2.34. The standard InChI is InChI=1S/C15H19ClN4/c1-10-8-20(9-13(10)19(2)3)14-11-6-4-5-7-12(11)17-15(16)18-14/h4-7,10,13H,8-9H2,1-3H3. The zero-order valence-electron chi connectivity index (χ0n) is 12.0. The lowest BCUT2D eigenvalue weighted by molar-refractivity contribution is 0.266. The van der Waals surface area contributed by atoms with Crippen molar-refractivity contribution in [3.8, 4) is 0 Å². The molecule has 20 heavy (non-hydrogen) atoms. The van der Waals surface area contributed by atoms with Gasteiger partial charge >= 0.3 is 0 Å². The molecule has 1 aromatic heterocycles. The molecule has 2 atom stereocenters. The molecule has 0 bridgehead atoms. The zero-order valence-corrected chi connectivity index (χ0v) is 12.8. The Morgan fingerprint density at radius 1 is 1.20 bits per heavy atom. The summed E-state index contributed by atoms with van der Waals surface area (Å²) in [6.45, 7) is 4.27. The van der Waals surface area contributed by atoms with E-state index >= 15 is 0 Å². The summed E-state index contributed by atoms with van der Waals surface area (Å²) in [6, 6.07) is 8.59. The highest BCUT2D eigenvalue weighted by atomic mass is 35.5. The molecule has 106 valence electrons. The molecule has 2 unspecified atom stereocenters. The molecule has 2 heterocycles. The van der Waals surface area contributed by atoms with E-state index in [9.17, 15) is 0 Å². The number of nitrogens with zero attached hydrogens (tertiary/aromatic N) is 4. The molecule has 0 amide bonds. The van der Waals surface area contributed by atoms with Crippen molar-refractivity contribution in [2.75, 3.05) is 32.1 Å². The van der Waals surface area contributed by atoms with Crippen LogP contribution in [0.1, 0.15) is 6.92 Å². The molecule has 0 N–H and O–H groups in total. The monoisotopic (exact) mass is 290 g/mol. The SMILES string of the molecule is CC1CN(c2nc(Cl)nc3ccccc23)CC1N(C)C. The minimum absolute atomic E-state index is 0.319. The van der Waals surface area contributed by atoms with Crippen molar-refractivity contribution in [3.05, 3.63) is 29.5 Å². The van der Waals surface area contributed by atoms with Crippen molar-refractivity contribution in [2.24, 2.45) is 5.92 Å². The minimum atomic E-state index is 0.319. The van der Waals surface area contributed by atoms with E-state index in [1.807, 2.05) is 18.2 Å². The van der Waals surface area contributed by atoms with Crippen LogP contribution in [0.5, 0.6) is 0 Å². The van der Waals surface area contributed by atoms with Gasteiger partial charge in [-0.3, -0.25) is 0 Å². The van der Waals surface area contributed by atoms with Crippen LogP contribution in [0.3, 0.4) is 0 Å². The van der Waals surface area contributed by atoms with E-state index in [0.717, 1.165) is 29.8 Å². The van der Waals surface area contributed by atoms with Gasteiger partial charge in [0.15, 0.2) is 0 Å². The van der Waals surface area contributed by atoms with Crippen molar-refractivity contribution in [1.29, 1.82) is 0 Å². The third kappa shape index (κ3) is 2.34. The summed E-state index contributed by atoms with van der Waals surface area (Å²) in [7, 11) is 4.27. The van der Waals surface area contributed by atoms with Gasteiger partial charge in [0.05, 0.1) is 5.52 Å². The Morgan fingerprint density at radius 3 is 2.65 bits per heavy atom. The van der Waals surface area contributed by atoms with Gasteiger partial charge in [0, 0.05) is 24.5 Å². The van der Waals surface area contributed by atoms with Gasteiger partial charge in [0.25, 0.3) is 0 Å².